The van der Waals surface area contributed by atoms with E-state index in [2.05, 4.69) is 13.8 Å². The first-order valence-corrected chi connectivity index (χ1v) is 7.26. The van der Waals surface area contributed by atoms with Crippen molar-refractivity contribution in [2.45, 2.75) is 36.5 Å². The van der Waals surface area contributed by atoms with Gasteiger partial charge in [0.05, 0.1) is 0 Å². The number of hydrogen-bond donors (Lipinski definition) is 1. The van der Waals surface area contributed by atoms with Crippen LogP contribution in [-0.2, 0) is 0 Å². The molecule has 1 aliphatic rings. The molecule has 19 heavy (non-hydrogen) atoms. The van der Waals surface area contributed by atoms with E-state index in [4.69, 9.17) is 5.73 Å². The van der Waals surface area contributed by atoms with E-state index in [1.54, 1.807) is 11.8 Å². The second kappa shape index (κ2) is 7.17. The molecule has 2 rings (SSSR count). The van der Waals surface area contributed by atoms with Crippen LogP contribution < -0.4 is 5.73 Å². The Morgan fingerprint density at radius 3 is 2.47 bits per heavy atom. The molecule has 1 heterocycles. The third kappa shape index (κ3) is 4.41. The van der Waals surface area contributed by atoms with Crippen molar-refractivity contribution in [2.24, 2.45) is 5.73 Å². The number of amides is 1. The van der Waals surface area contributed by atoms with Gasteiger partial charge < -0.3 is 10.6 Å². The number of carbonyl (C=O) groups is 1. The van der Waals surface area contributed by atoms with Crippen LogP contribution in [0.4, 0.5) is 0 Å². The first-order valence-electron chi connectivity index (χ1n) is 6.38. The first kappa shape index (κ1) is 16.3. The largest absolute Gasteiger partial charge is 0.337 e. The highest BCUT2D eigenvalue weighted by Crippen LogP contribution is 2.23. The Morgan fingerprint density at radius 1 is 1.37 bits per heavy atom. The molecule has 1 saturated heterocycles. The molecule has 1 atom stereocenters. The van der Waals surface area contributed by atoms with Crippen LogP contribution in [0, 0.1) is 0 Å². The molecule has 0 radical (unpaired) electrons. The number of nitrogens with zero attached hydrogens (tertiary/aromatic N) is 1. The summed E-state index contributed by atoms with van der Waals surface area (Å²) in [5, 5.41) is 0.558. The molecule has 106 valence electrons. The molecule has 0 saturated carbocycles. The molecule has 1 fully saturated rings. The number of nitrogens with two attached hydrogens (primary N) is 1. The molecule has 1 aromatic rings. The summed E-state index contributed by atoms with van der Waals surface area (Å²) in [7, 11) is 0. The molecule has 0 aromatic heterocycles. The molecule has 2 N–H and O–H groups in total. The third-order valence-corrected chi connectivity index (χ3v) is 4.00. The highest BCUT2D eigenvalue weighted by molar-refractivity contribution is 7.99. The fourth-order valence-electron chi connectivity index (χ4n) is 2.10. The minimum Gasteiger partial charge on any atom is -0.337 e. The standard InChI is InChI=1S/C14H20N2OS.ClH/c1-10(2)18-13-5-3-11(4-6-13)14(17)16-8-7-12(15)9-16;/h3-6,10,12H,7-9,15H2,1-2H3;1H/t12-;/m0./s1. The minimum absolute atomic E-state index is 0. The zero-order valence-electron chi connectivity index (χ0n) is 11.3. The Hall–Kier alpha value is -0.710. The van der Waals surface area contributed by atoms with Crippen LogP contribution in [0.2, 0.25) is 0 Å². The number of benzene rings is 1. The van der Waals surface area contributed by atoms with Crippen LogP contribution in [0.1, 0.15) is 30.6 Å². The molecule has 0 spiro atoms. The average molecular weight is 301 g/mol. The van der Waals surface area contributed by atoms with Gasteiger partial charge in [-0.3, -0.25) is 4.79 Å². The summed E-state index contributed by atoms with van der Waals surface area (Å²) in [6.45, 7) is 5.79. The molecule has 0 unspecified atom stereocenters. The lowest BCUT2D eigenvalue weighted by molar-refractivity contribution is 0.0791. The summed E-state index contributed by atoms with van der Waals surface area (Å²) in [5.74, 6) is 0.101. The monoisotopic (exact) mass is 300 g/mol. The van der Waals surface area contributed by atoms with Crippen molar-refractivity contribution >= 4 is 30.1 Å². The molecule has 0 bridgehead atoms. The number of thioether (sulfide) groups is 1. The van der Waals surface area contributed by atoms with Gasteiger partial charge in [0, 0.05) is 34.8 Å². The summed E-state index contributed by atoms with van der Waals surface area (Å²) < 4.78 is 0. The van der Waals surface area contributed by atoms with Crippen molar-refractivity contribution in [2.75, 3.05) is 13.1 Å². The topological polar surface area (TPSA) is 46.3 Å². The smallest absolute Gasteiger partial charge is 0.253 e. The molecular weight excluding hydrogens is 280 g/mol. The van der Waals surface area contributed by atoms with Crippen molar-refractivity contribution < 1.29 is 4.79 Å². The first-order chi connectivity index (χ1) is 8.56. The Labute approximate surface area is 125 Å². The van der Waals surface area contributed by atoms with Crippen LogP contribution in [0.5, 0.6) is 0 Å². The molecule has 3 nitrogen and oxygen atoms in total. The maximum atomic E-state index is 12.2. The van der Waals surface area contributed by atoms with Gasteiger partial charge in [-0.25, -0.2) is 0 Å². The second-order valence-electron chi connectivity index (χ2n) is 4.99. The number of carbonyl (C=O) groups excluding carboxylic acids is 1. The van der Waals surface area contributed by atoms with Gasteiger partial charge in [0.2, 0.25) is 0 Å². The molecule has 1 aromatic carbocycles. The van der Waals surface area contributed by atoms with Gasteiger partial charge in [0.25, 0.3) is 5.91 Å². The third-order valence-electron chi connectivity index (χ3n) is 2.98. The van der Waals surface area contributed by atoms with E-state index in [0.717, 1.165) is 18.5 Å². The Balaban J connectivity index is 0.00000180. The van der Waals surface area contributed by atoms with E-state index in [1.165, 1.54) is 4.90 Å². The number of hydrogen-bond acceptors (Lipinski definition) is 3. The highest BCUT2D eigenvalue weighted by Gasteiger charge is 2.24. The van der Waals surface area contributed by atoms with E-state index in [9.17, 15) is 4.79 Å². The molecule has 1 amide bonds. The maximum Gasteiger partial charge on any atom is 0.253 e. The quantitative estimate of drug-likeness (QED) is 0.873. The lowest BCUT2D eigenvalue weighted by Crippen LogP contribution is -2.31. The molecular formula is C14H21ClN2OS. The zero-order chi connectivity index (χ0) is 13.1. The number of rotatable bonds is 3. The fraction of sp³-hybridized carbons (Fsp3) is 0.500. The second-order valence-corrected chi connectivity index (χ2v) is 6.64. The lowest BCUT2D eigenvalue weighted by Gasteiger charge is -2.16. The van der Waals surface area contributed by atoms with Crippen molar-refractivity contribution in [1.29, 1.82) is 0 Å². The van der Waals surface area contributed by atoms with E-state index < -0.39 is 0 Å². The predicted molar refractivity (Wildman–Crippen MR) is 83.2 cm³/mol. The van der Waals surface area contributed by atoms with Crippen molar-refractivity contribution in [1.82, 2.24) is 4.90 Å². The minimum atomic E-state index is 0. The Bertz CT molecular complexity index is 422. The van der Waals surface area contributed by atoms with Crippen LogP contribution >= 0.6 is 24.2 Å². The Kier molecular flexibility index (Phi) is 6.17. The molecule has 0 aliphatic carbocycles. The summed E-state index contributed by atoms with van der Waals surface area (Å²) >= 11 is 1.81. The zero-order valence-corrected chi connectivity index (χ0v) is 13.0. The SMILES string of the molecule is CC(C)Sc1ccc(C(=O)N2CC[C@H](N)C2)cc1.Cl. The van der Waals surface area contributed by atoms with Crippen LogP contribution in [0.15, 0.2) is 29.2 Å². The van der Waals surface area contributed by atoms with Gasteiger partial charge in [-0.1, -0.05) is 13.8 Å². The van der Waals surface area contributed by atoms with Crippen LogP contribution in [-0.4, -0.2) is 35.2 Å². The summed E-state index contributed by atoms with van der Waals surface area (Å²) in [5.41, 5.74) is 6.58. The summed E-state index contributed by atoms with van der Waals surface area (Å²) in [6.07, 6.45) is 0.910. The van der Waals surface area contributed by atoms with E-state index in [0.29, 0.717) is 11.8 Å². The van der Waals surface area contributed by atoms with E-state index in [1.807, 2.05) is 29.2 Å². The van der Waals surface area contributed by atoms with Gasteiger partial charge in [0.1, 0.15) is 0 Å². The predicted octanol–water partition coefficient (Wildman–Crippen LogP) is 2.78. The summed E-state index contributed by atoms with van der Waals surface area (Å²) in [6, 6.07) is 8.01. The summed E-state index contributed by atoms with van der Waals surface area (Å²) in [4.78, 5) is 15.2. The average Bonchev–Trinajstić information content (AvgIpc) is 2.75. The van der Waals surface area contributed by atoms with Crippen molar-refractivity contribution in [3.63, 3.8) is 0 Å². The normalized spacial score (nSPS) is 18.5. The van der Waals surface area contributed by atoms with Gasteiger partial charge in [-0.15, -0.1) is 24.2 Å². The van der Waals surface area contributed by atoms with Crippen molar-refractivity contribution in [3.8, 4) is 0 Å². The van der Waals surface area contributed by atoms with Crippen LogP contribution in [0.3, 0.4) is 0 Å². The van der Waals surface area contributed by atoms with Gasteiger partial charge in [-0.05, 0) is 30.7 Å². The fourth-order valence-corrected chi connectivity index (χ4v) is 2.94. The van der Waals surface area contributed by atoms with Gasteiger partial charge in [-0.2, -0.15) is 0 Å². The number of likely N-dealkylation sites (tertiary alicyclic amines) is 1. The maximum absolute atomic E-state index is 12.2. The van der Waals surface area contributed by atoms with Gasteiger partial charge in [0.15, 0.2) is 0 Å². The molecule has 5 heteroatoms. The van der Waals surface area contributed by atoms with Gasteiger partial charge >= 0.3 is 0 Å². The number of halogens is 1. The van der Waals surface area contributed by atoms with Crippen molar-refractivity contribution in [3.05, 3.63) is 29.8 Å². The lowest BCUT2D eigenvalue weighted by atomic mass is 10.2. The highest BCUT2D eigenvalue weighted by atomic mass is 35.5. The van der Waals surface area contributed by atoms with E-state index in [-0.39, 0.29) is 24.4 Å². The Morgan fingerprint density at radius 2 is 2.00 bits per heavy atom. The van der Waals surface area contributed by atoms with E-state index >= 15 is 0 Å². The molecule has 1 aliphatic heterocycles. The van der Waals surface area contributed by atoms with Crippen LogP contribution in [0.25, 0.3) is 0 Å².